The third kappa shape index (κ3) is 13.1. The minimum absolute atomic E-state index is 0.210. The molecule has 0 aliphatic rings. The second-order valence-corrected chi connectivity index (χ2v) is 15.4. The van der Waals surface area contributed by atoms with Gasteiger partial charge in [-0.1, -0.05) is 96.1 Å². The molecule has 0 fully saturated rings. The summed E-state index contributed by atoms with van der Waals surface area (Å²) in [5.41, 5.74) is 0. The van der Waals surface area contributed by atoms with Gasteiger partial charge in [0.1, 0.15) is 19.0 Å². The quantitative estimate of drug-likeness (QED) is 0.142. The number of benzene rings is 3. The molecule has 8 nitrogen and oxygen atoms in total. The molecule has 3 aromatic rings. The van der Waals surface area contributed by atoms with Crippen LogP contribution in [-0.2, 0) is 13.6 Å². The van der Waals surface area contributed by atoms with Gasteiger partial charge in [0.2, 0.25) is 4.52 Å². The molecule has 3 atom stereocenters. The first-order valence-electron chi connectivity index (χ1n) is 13.8. The van der Waals surface area contributed by atoms with Crippen molar-refractivity contribution in [2.45, 2.75) is 41.5 Å². The van der Waals surface area contributed by atoms with Crippen molar-refractivity contribution >= 4 is 24.7 Å². The normalized spacial score (nSPS) is 14.2. The van der Waals surface area contributed by atoms with Crippen LogP contribution in [0.25, 0.3) is 0 Å². The molecule has 0 saturated carbocycles. The minimum atomic E-state index is -3.35. The fourth-order valence-electron chi connectivity index (χ4n) is 2.94. The highest BCUT2D eigenvalue weighted by Gasteiger charge is 2.57. The lowest BCUT2D eigenvalue weighted by molar-refractivity contribution is 0.243. The average molecular weight is 621 g/mol. The summed E-state index contributed by atoms with van der Waals surface area (Å²) in [7, 11) is -6.92. The maximum Gasteiger partial charge on any atom is 0.660 e. The molecule has 0 spiro atoms. The van der Waals surface area contributed by atoms with Crippen molar-refractivity contribution in [1.29, 1.82) is 0 Å². The topological polar surface area (TPSA) is 79.8 Å². The number of para-hydroxylation sites is 3. The Hall–Kier alpha value is -2.14. The molecule has 0 saturated heterocycles. The molecule has 0 aromatic heterocycles. The Morgan fingerprint density at radius 2 is 1.20 bits per heavy atom. The average Bonchev–Trinajstić information content (AvgIpc) is 2.95. The van der Waals surface area contributed by atoms with Crippen molar-refractivity contribution in [1.82, 2.24) is 4.86 Å². The van der Waals surface area contributed by atoms with Gasteiger partial charge >= 0.3 is 24.7 Å². The van der Waals surface area contributed by atoms with E-state index >= 15 is 0 Å². The zero-order valence-corrected chi connectivity index (χ0v) is 27.4. The van der Waals surface area contributed by atoms with Crippen molar-refractivity contribution in [2.75, 3.05) is 19.8 Å². The van der Waals surface area contributed by atoms with Crippen LogP contribution in [0.15, 0.2) is 95.5 Å². The van der Waals surface area contributed by atoms with E-state index in [2.05, 4.69) is 46.4 Å². The predicted molar refractivity (Wildman–Crippen MR) is 170 cm³/mol. The lowest BCUT2D eigenvalue weighted by Gasteiger charge is -2.22. The van der Waals surface area contributed by atoms with Gasteiger partial charge in [-0.25, -0.2) is 4.52 Å². The van der Waals surface area contributed by atoms with Gasteiger partial charge in [0.15, 0.2) is 11.5 Å². The highest BCUT2D eigenvalue weighted by molar-refractivity contribution is 7.75. The van der Waals surface area contributed by atoms with Crippen molar-refractivity contribution in [3.05, 3.63) is 91.0 Å². The molecule has 0 aliphatic heterocycles. The van der Waals surface area contributed by atoms with E-state index in [1.54, 1.807) is 0 Å². The Morgan fingerprint density at radius 1 is 0.683 bits per heavy atom. The molecule has 0 radical (unpaired) electrons. The van der Waals surface area contributed by atoms with Crippen LogP contribution in [0.3, 0.4) is 0 Å². The molecule has 3 unspecified atom stereocenters. The summed E-state index contributed by atoms with van der Waals surface area (Å²) >= 11 is 0. The van der Waals surface area contributed by atoms with Crippen LogP contribution >= 0.6 is 24.7 Å². The number of rotatable bonds is 18. The molecule has 1 N–H and O–H groups in total. The van der Waals surface area contributed by atoms with Gasteiger partial charge in [0.25, 0.3) is 0 Å². The summed E-state index contributed by atoms with van der Waals surface area (Å²) < 4.78 is 43.4. The third-order valence-corrected chi connectivity index (χ3v) is 10.5. The van der Waals surface area contributed by atoms with Crippen molar-refractivity contribution in [3.8, 4) is 17.2 Å². The highest BCUT2D eigenvalue weighted by atomic mass is 31.3. The Balaban J connectivity index is 2.08. The van der Waals surface area contributed by atoms with Crippen LogP contribution in [0, 0.1) is 17.8 Å². The fraction of sp³-hybridized carbons (Fsp3) is 0.400. The summed E-state index contributed by atoms with van der Waals surface area (Å²) in [6.45, 7) is 13.8. The molecule has 41 heavy (non-hydrogen) atoms. The first kappa shape index (κ1) is 33.4. The highest BCUT2D eigenvalue weighted by Crippen LogP contribution is 2.67. The number of nitrogens with one attached hydrogen (secondary N) is 1. The second-order valence-electron chi connectivity index (χ2n) is 10.5. The van der Waals surface area contributed by atoms with Gasteiger partial charge in [-0.15, -0.1) is 4.52 Å². The van der Waals surface area contributed by atoms with E-state index in [1.807, 2.05) is 91.0 Å². The standard InChI is InChI=1S/C30H43N2O6P3/c1-25(2)22-33-39(36-28-16-10-7-11-17-28)31-41(35-24-27(5)6,38-30-20-14-9-15-21-30)32-40(34-23-26(3)4)37-29-18-12-8-13-19-29/h7-21,25-27,31H,22-24H2,1-6H3/q+2. The summed E-state index contributed by atoms with van der Waals surface area (Å²) in [6.07, 6.45) is 0. The maximum atomic E-state index is 6.63. The molecule has 0 heterocycles. The molecule has 222 valence electrons. The number of hydrogen-bond acceptors (Lipinski definition) is 8. The summed E-state index contributed by atoms with van der Waals surface area (Å²) in [6, 6.07) is 28.5. The van der Waals surface area contributed by atoms with Gasteiger partial charge in [0, 0.05) is 0 Å². The van der Waals surface area contributed by atoms with Crippen molar-refractivity contribution in [2.24, 2.45) is 22.3 Å². The molecule has 0 amide bonds. The zero-order chi connectivity index (χ0) is 29.5. The van der Waals surface area contributed by atoms with E-state index in [-0.39, 0.29) is 17.8 Å². The van der Waals surface area contributed by atoms with E-state index in [0.29, 0.717) is 37.1 Å². The molecule has 3 aromatic carbocycles. The van der Waals surface area contributed by atoms with Crippen LogP contribution in [0.5, 0.6) is 17.2 Å². The minimum Gasteiger partial charge on any atom is -0.434 e. The number of nitrogens with zero attached hydrogens (tertiary/aromatic N) is 1. The van der Waals surface area contributed by atoms with Crippen LogP contribution < -0.4 is 18.4 Å². The van der Waals surface area contributed by atoms with Crippen molar-refractivity contribution < 1.29 is 27.1 Å². The van der Waals surface area contributed by atoms with Crippen LogP contribution in [-0.4, -0.2) is 19.8 Å². The third-order valence-electron chi connectivity index (χ3n) is 4.86. The summed E-state index contributed by atoms with van der Waals surface area (Å²) in [5, 5.41) is 0. The van der Waals surface area contributed by atoms with E-state index < -0.39 is 24.7 Å². The molecular formula is C30H43N2O6P3+2. The van der Waals surface area contributed by atoms with E-state index in [4.69, 9.17) is 31.7 Å². The Bertz CT molecular complexity index is 1160. The Labute approximate surface area is 248 Å². The SMILES string of the molecule is CC(C)COP(N[P+](N=[P+](OCC(C)C)Oc1ccccc1)(OCC(C)C)Oc1ccccc1)Oc1ccccc1. The first-order chi connectivity index (χ1) is 19.7. The van der Waals surface area contributed by atoms with Gasteiger partial charge in [-0.2, -0.15) is 4.52 Å². The molecule has 0 aliphatic carbocycles. The second kappa shape index (κ2) is 17.7. The van der Waals surface area contributed by atoms with Gasteiger partial charge in [-0.05, 0) is 59.0 Å². The Morgan fingerprint density at radius 3 is 1.73 bits per heavy atom. The fourth-order valence-corrected chi connectivity index (χ4v) is 9.09. The van der Waals surface area contributed by atoms with Gasteiger partial charge in [0.05, 0.1) is 6.61 Å². The van der Waals surface area contributed by atoms with Gasteiger partial charge < -0.3 is 9.05 Å². The monoisotopic (exact) mass is 620 g/mol. The Kier molecular flexibility index (Phi) is 14.4. The first-order valence-corrected chi connectivity index (χ1v) is 17.7. The zero-order valence-electron chi connectivity index (χ0n) is 24.8. The van der Waals surface area contributed by atoms with Crippen LogP contribution in [0.2, 0.25) is 0 Å². The van der Waals surface area contributed by atoms with Crippen molar-refractivity contribution in [3.63, 3.8) is 0 Å². The molecular weight excluding hydrogens is 577 g/mol. The summed E-state index contributed by atoms with van der Waals surface area (Å²) in [4.78, 5) is 3.46. The lowest BCUT2D eigenvalue weighted by atomic mass is 10.2. The molecule has 3 rings (SSSR count). The van der Waals surface area contributed by atoms with Crippen LogP contribution in [0.1, 0.15) is 41.5 Å². The molecule has 11 heteroatoms. The van der Waals surface area contributed by atoms with Crippen LogP contribution in [0.4, 0.5) is 0 Å². The summed E-state index contributed by atoms with van der Waals surface area (Å²) in [5.74, 6) is 2.67. The van der Waals surface area contributed by atoms with Gasteiger partial charge in [-0.3, -0.25) is 4.52 Å². The predicted octanol–water partition coefficient (Wildman–Crippen LogP) is 10.2. The lowest BCUT2D eigenvalue weighted by Crippen LogP contribution is -2.22. The largest absolute Gasteiger partial charge is 0.660 e. The number of hydrogen-bond donors (Lipinski definition) is 1. The maximum absolute atomic E-state index is 6.63. The van der Waals surface area contributed by atoms with E-state index in [0.717, 1.165) is 0 Å². The molecule has 0 bridgehead atoms. The van der Waals surface area contributed by atoms with E-state index in [9.17, 15) is 0 Å². The van der Waals surface area contributed by atoms with E-state index in [1.165, 1.54) is 0 Å². The smallest absolute Gasteiger partial charge is 0.434 e.